The molecular weight excluding hydrogens is 358 g/mol. The monoisotopic (exact) mass is 392 g/mol. The number of aliphatic hydroxyl groups is 2. The Balaban J connectivity index is 1.58. The number of unbranched alkanes of at least 4 members (excludes halogenated alkanes) is 1. The molecule has 0 bridgehead atoms. The molecule has 0 aromatic rings. The molecule has 2 saturated heterocycles. The SMILES string of the molecule is CCCCC(F)(F)C(O)CCC1C(OC2CCCCO2)CC2OC(O)CC21. The molecule has 0 spiro atoms. The molecule has 0 amide bonds. The number of halogens is 2. The van der Waals surface area contributed by atoms with E-state index in [0.717, 1.165) is 19.3 Å². The third kappa shape index (κ3) is 5.38. The van der Waals surface area contributed by atoms with Crippen molar-refractivity contribution in [3.63, 3.8) is 0 Å². The number of rotatable bonds is 9. The highest BCUT2D eigenvalue weighted by Gasteiger charge is 2.51. The molecule has 7 unspecified atom stereocenters. The number of alkyl halides is 2. The van der Waals surface area contributed by atoms with Crippen molar-refractivity contribution in [2.24, 2.45) is 11.8 Å². The fourth-order valence-electron chi connectivity index (χ4n) is 4.81. The lowest BCUT2D eigenvalue weighted by atomic mass is 9.86. The first kappa shape index (κ1) is 21.4. The van der Waals surface area contributed by atoms with Gasteiger partial charge in [0.15, 0.2) is 12.6 Å². The van der Waals surface area contributed by atoms with Crippen LogP contribution < -0.4 is 0 Å². The van der Waals surface area contributed by atoms with Gasteiger partial charge in [-0.25, -0.2) is 8.78 Å². The summed E-state index contributed by atoms with van der Waals surface area (Å²) in [6.45, 7) is 2.55. The zero-order valence-electron chi connectivity index (χ0n) is 16.2. The topological polar surface area (TPSA) is 68.2 Å². The molecule has 3 fully saturated rings. The Bertz CT molecular complexity index is 458. The minimum Gasteiger partial charge on any atom is -0.387 e. The molecule has 7 heteroatoms. The van der Waals surface area contributed by atoms with Crippen molar-refractivity contribution in [1.82, 2.24) is 0 Å². The van der Waals surface area contributed by atoms with E-state index in [1.807, 2.05) is 6.92 Å². The van der Waals surface area contributed by atoms with Crippen LogP contribution in [0.25, 0.3) is 0 Å². The number of fused-ring (bicyclic) bond motifs is 1. The van der Waals surface area contributed by atoms with Gasteiger partial charge in [0.2, 0.25) is 0 Å². The van der Waals surface area contributed by atoms with Gasteiger partial charge in [0.25, 0.3) is 5.92 Å². The van der Waals surface area contributed by atoms with Gasteiger partial charge in [-0.3, -0.25) is 0 Å². The van der Waals surface area contributed by atoms with Gasteiger partial charge in [-0.05, 0) is 50.4 Å². The van der Waals surface area contributed by atoms with Crippen LogP contribution in [0.2, 0.25) is 0 Å². The van der Waals surface area contributed by atoms with Gasteiger partial charge in [-0.15, -0.1) is 0 Å². The molecule has 1 aliphatic carbocycles. The summed E-state index contributed by atoms with van der Waals surface area (Å²) in [6, 6.07) is 0. The van der Waals surface area contributed by atoms with Gasteiger partial charge < -0.3 is 24.4 Å². The highest BCUT2D eigenvalue weighted by molar-refractivity contribution is 4.97. The van der Waals surface area contributed by atoms with Crippen LogP contribution >= 0.6 is 0 Å². The van der Waals surface area contributed by atoms with Gasteiger partial charge in [-0.1, -0.05) is 13.3 Å². The summed E-state index contributed by atoms with van der Waals surface area (Å²) >= 11 is 0. The Labute approximate surface area is 160 Å². The van der Waals surface area contributed by atoms with Crippen LogP contribution in [0.5, 0.6) is 0 Å². The molecule has 27 heavy (non-hydrogen) atoms. The first-order valence-corrected chi connectivity index (χ1v) is 10.6. The minimum atomic E-state index is -3.05. The predicted octanol–water partition coefficient (Wildman–Crippen LogP) is 3.61. The molecule has 0 aromatic heterocycles. The highest BCUT2D eigenvalue weighted by atomic mass is 19.3. The smallest absolute Gasteiger partial charge is 0.273 e. The van der Waals surface area contributed by atoms with Crippen molar-refractivity contribution in [1.29, 1.82) is 0 Å². The molecular formula is C20H34F2O5. The van der Waals surface area contributed by atoms with Gasteiger partial charge in [0.05, 0.1) is 12.2 Å². The summed E-state index contributed by atoms with van der Waals surface area (Å²) in [6.07, 6.45) is 2.48. The second-order valence-corrected chi connectivity index (χ2v) is 8.36. The average molecular weight is 392 g/mol. The van der Waals surface area contributed by atoms with E-state index in [4.69, 9.17) is 14.2 Å². The van der Waals surface area contributed by atoms with Crippen molar-refractivity contribution in [3.8, 4) is 0 Å². The van der Waals surface area contributed by atoms with Crippen LogP contribution in [-0.2, 0) is 14.2 Å². The number of hydrogen-bond acceptors (Lipinski definition) is 5. The first-order valence-electron chi connectivity index (χ1n) is 10.6. The molecule has 0 radical (unpaired) electrons. The van der Waals surface area contributed by atoms with E-state index < -0.39 is 18.3 Å². The zero-order valence-corrected chi connectivity index (χ0v) is 16.2. The van der Waals surface area contributed by atoms with Crippen LogP contribution in [0.4, 0.5) is 8.78 Å². The molecule has 2 N–H and O–H groups in total. The summed E-state index contributed by atoms with van der Waals surface area (Å²) in [5.74, 6) is -2.97. The van der Waals surface area contributed by atoms with Gasteiger partial charge in [0.1, 0.15) is 6.10 Å². The maximum Gasteiger partial charge on any atom is 0.273 e. The fraction of sp³-hybridized carbons (Fsp3) is 1.00. The van der Waals surface area contributed by atoms with E-state index in [9.17, 15) is 19.0 Å². The lowest BCUT2D eigenvalue weighted by molar-refractivity contribution is -0.200. The molecule has 7 atom stereocenters. The van der Waals surface area contributed by atoms with Crippen LogP contribution in [0.3, 0.4) is 0 Å². The van der Waals surface area contributed by atoms with Crippen LogP contribution in [0.15, 0.2) is 0 Å². The second kappa shape index (κ2) is 9.44. The van der Waals surface area contributed by atoms with Crippen LogP contribution in [0, 0.1) is 11.8 Å². The van der Waals surface area contributed by atoms with Crippen LogP contribution in [-0.4, -0.2) is 53.6 Å². The van der Waals surface area contributed by atoms with E-state index in [0.29, 0.717) is 38.7 Å². The maximum atomic E-state index is 14.1. The van der Waals surface area contributed by atoms with Crippen molar-refractivity contribution in [2.75, 3.05) is 6.61 Å². The highest BCUT2D eigenvalue weighted by Crippen LogP contribution is 2.47. The lowest BCUT2D eigenvalue weighted by Crippen LogP contribution is -2.36. The second-order valence-electron chi connectivity index (χ2n) is 8.36. The molecule has 1 saturated carbocycles. The van der Waals surface area contributed by atoms with Gasteiger partial charge in [-0.2, -0.15) is 0 Å². The third-order valence-corrected chi connectivity index (χ3v) is 6.36. The third-order valence-electron chi connectivity index (χ3n) is 6.36. The number of aliphatic hydroxyl groups excluding tert-OH is 2. The summed E-state index contributed by atoms with van der Waals surface area (Å²) in [5, 5.41) is 19.9. The standard InChI is InChI=1S/C20H34F2O5/c1-2-3-9-20(21,22)17(23)8-7-13-14-11-18(24)26-16(14)12-15(13)27-19-6-4-5-10-25-19/h13-19,23-24H,2-12H2,1H3. The van der Waals surface area contributed by atoms with Crippen LogP contribution in [0.1, 0.15) is 71.1 Å². The predicted molar refractivity (Wildman–Crippen MR) is 95.3 cm³/mol. The number of hydrogen-bond donors (Lipinski definition) is 2. The Morgan fingerprint density at radius 3 is 2.78 bits per heavy atom. The Morgan fingerprint density at radius 2 is 2.07 bits per heavy atom. The molecule has 158 valence electrons. The molecule has 2 aliphatic heterocycles. The van der Waals surface area contributed by atoms with Crippen molar-refractivity contribution < 1.29 is 33.2 Å². The minimum absolute atomic E-state index is 0.00528. The summed E-state index contributed by atoms with van der Waals surface area (Å²) in [5.41, 5.74) is 0. The normalized spacial score (nSPS) is 38.1. The molecule has 3 aliphatic rings. The van der Waals surface area contributed by atoms with Gasteiger partial charge in [0, 0.05) is 25.9 Å². The summed E-state index contributed by atoms with van der Waals surface area (Å²) < 4.78 is 45.7. The Morgan fingerprint density at radius 1 is 1.26 bits per heavy atom. The largest absolute Gasteiger partial charge is 0.387 e. The van der Waals surface area contributed by atoms with E-state index >= 15 is 0 Å². The molecule has 2 heterocycles. The average Bonchev–Trinajstić information content (AvgIpc) is 3.14. The van der Waals surface area contributed by atoms with E-state index in [-0.39, 0.29) is 43.2 Å². The van der Waals surface area contributed by atoms with Crippen molar-refractivity contribution in [3.05, 3.63) is 0 Å². The molecule has 5 nitrogen and oxygen atoms in total. The molecule has 3 rings (SSSR count). The van der Waals surface area contributed by atoms with E-state index in [1.165, 1.54) is 0 Å². The lowest BCUT2D eigenvalue weighted by Gasteiger charge is -2.31. The Kier molecular flexibility index (Phi) is 7.47. The first-order chi connectivity index (χ1) is 12.9. The number of ether oxygens (including phenoxy) is 3. The molecule has 0 aromatic carbocycles. The van der Waals surface area contributed by atoms with Crippen molar-refractivity contribution in [2.45, 2.75) is 108 Å². The van der Waals surface area contributed by atoms with Gasteiger partial charge >= 0.3 is 0 Å². The Hall–Kier alpha value is -0.340. The summed E-state index contributed by atoms with van der Waals surface area (Å²) in [4.78, 5) is 0. The summed E-state index contributed by atoms with van der Waals surface area (Å²) in [7, 11) is 0. The maximum absolute atomic E-state index is 14.1. The fourth-order valence-corrected chi connectivity index (χ4v) is 4.81. The van der Waals surface area contributed by atoms with Crippen molar-refractivity contribution >= 4 is 0 Å². The zero-order chi connectivity index (χ0) is 19.4. The quantitative estimate of drug-likeness (QED) is 0.627. The van der Waals surface area contributed by atoms with E-state index in [1.54, 1.807) is 0 Å². The van der Waals surface area contributed by atoms with E-state index in [2.05, 4.69) is 0 Å².